The first-order chi connectivity index (χ1) is 13.6. The van der Waals surface area contributed by atoms with Gasteiger partial charge in [0.1, 0.15) is 5.60 Å². The van der Waals surface area contributed by atoms with Crippen LogP contribution in [0.5, 0.6) is 0 Å². The highest BCUT2D eigenvalue weighted by Gasteiger charge is 2.54. The summed E-state index contributed by atoms with van der Waals surface area (Å²) in [5, 5.41) is 22.0. The maximum atomic E-state index is 15.1. The highest BCUT2D eigenvalue weighted by molar-refractivity contribution is 5.92. The number of aliphatic hydroxyl groups excluding tert-OH is 2. The van der Waals surface area contributed by atoms with E-state index in [1.54, 1.807) is 39.8 Å². The van der Waals surface area contributed by atoms with Gasteiger partial charge in [0.2, 0.25) is 11.9 Å². The second kappa shape index (κ2) is 7.81. The third kappa shape index (κ3) is 3.53. The largest absolute Gasteiger partial charge is 0.393 e. The molecule has 1 aliphatic rings. The summed E-state index contributed by atoms with van der Waals surface area (Å²) in [7, 11) is 3.53. The number of nitrogens with one attached hydrogen (secondary N) is 1. The van der Waals surface area contributed by atoms with E-state index in [-0.39, 0.29) is 23.4 Å². The molecule has 0 bridgehead atoms. The molecule has 0 unspecified atom stereocenters. The Hall–Kier alpha value is -2.37. The third-order valence-electron chi connectivity index (χ3n) is 5.33. The summed E-state index contributed by atoms with van der Waals surface area (Å²) in [6.07, 6.45) is -1.28. The van der Waals surface area contributed by atoms with Crippen molar-refractivity contribution >= 4 is 28.8 Å². The van der Waals surface area contributed by atoms with Crippen LogP contribution in [0.25, 0.3) is 11.2 Å². The molecule has 29 heavy (non-hydrogen) atoms. The summed E-state index contributed by atoms with van der Waals surface area (Å²) in [4.78, 5) is 26.8. The second-order valence-electron chi connectivity index (χ2n) is 7.86. The minimum absolute atomic E-state index is 0.0682. The number of hydrogen-bond acceptors (Lipinski definition) is 8. The molecule has 160 valence electrons. The molecule has 1 saturated heterocycles. The Kier molecular flexibility index (Phi) is 5.74. The molecule has 3 N–H and O–H groups in total. The standard InChI is InChI=1S/C18H27FN6O4/c1-9(2)15(28)23-17-21-13(24(4)5)12-14(22-17)25(8-20-12)16-11(19)10(3)18(6-26,7-27)29-16/h8-11,16,26-27H,6-7H2,1-5H3,(H,21,22,23,28)/t10-,11-,16+/m0/s1. The van der Waals surface area contributed by atoms with Gasteiger partial charge in [-0.25, -0.2) is 9.37 Å². The van der Waals surface area contributed by atoms with Crippen LogP contribution in [0, 0.1) is 11.8 Å². The van der Waals surface area contributed by atoms with Gasteiger partial charge in [0.15, 0.2) is 29.4 Å². The Morgan fingerprint density at radius 2 is 2.03 bits per heavy atom. The van der Waals surface area contributed by atoms with Gasteiger partial charge in [-0.3, -0.25) is 14.7 Å². The van der Waals surface area contributed by atoms with E-state index in [0.29, 0.717) is 11.3 Å². The molecular formula is C18H27FN6O4. The molecule has 0 aliphatic carbocycles. The summed E-state index contributed by atoms with van der Waals surface area (Å²) in [5.41, 5.74) is -0.729. The molecule has 10 nitrogen and oxygen atoms in total. The zero-order chi connectivity index (χ0) is 21.5. The number of carbonyl (C=O) groups excluding carboxylic acids is 1. The first-order valence-electron chi connectivity index (χ1n) is 9.41. The molecule has 2 aromatic rings. The summed E-state index contributed by atoms with van der Waals surface area (Å²) >= 11 is 0. The Morgan fingerprint density at radius 3 is 2.55 bits per heavy atom. The molecule has 0 aromatic carbocycles. The van der Waals surface area contributed by atoms with Crippen LogP contribution in [0.4, 0.5) is 16.2 Å². The van der Waals surface area contributed by atoms with E-state index in [1.165, 1.54) is 10.9 Å². The molecule has 3 rings (SSSR count). The summed E-state index contributed by atoms with van der Waals surface area (Å²) in [6.45, 7) is 4.01. The Bertz CT molecular complexity index is 898. The van der Waals surface area contributed by atoms with Gasteiger partial charge in [0, 0.05) is 25.9 Å². The Labute approximate surface area is 167 Å². The Balaban J connectivity index is 2.10. The first kappa shape index (κ1) is 21.3. The highest BCUT2D eigenvalue weighted by Crippen LogP contribution is 2.44. The molecule has 11 heteroatoms. The van der Waals surface area contributed by atoms with Crippen molar-refractivity contribution in [2.45, 2.75) is 38.8 Å². The van der Waals surface area contributed by atoms with Gasteiger partial charge in [-0.1, -0.05) is 20.8 Å². The van der Waals surface area contributed by atoms with Crippen molar-refractivity contribution in [3.8, 4) is 0 Å². The van der Waals surface area contributed by atoms with Gasteiger partial charge >= 0.3 is 0 Å². The van der Waals surface area contributed by atoms with E-state index in [4.69, 9.17) is 4.74 Å². The minimum Gasteiger partial charge on any atom is -0.393 e. The number of rotatable bonds is 6. The van der Waals surface area contributed by atoms with Crippen LogP contribution in [0.15, 0.2) is 6.33 Å². The lowest BCUT2D eigenvalue weighted by atomic mass is 9.89. The topological polar surface area (TPSA) is 126 Å². The summed E-state index contributed by atoms with van der Waals surface area (Å²) in [6, 6.07) is 0. The lowest BCUT2D eigenvalue weighted by Gasteiger charge is -2.28. The SMILES string of the molecule is CC(C)C(=O)Nc1nc(N(C)C)c2ncn([C@@H]3OC(CO)(CO)[C@@H](C)[C@@H]3F)c2n1. The van der Waals surface area contributed by atoms with Crippen molar-refractivity contribution in [3.63, 3.8) is 0 Å². The van der Waals surface area contributed by atoms with Gasteiger partial charge in [-0.15, -0.1) is 0 Å². The van der Waals surface area contributed by atoms with Gasteiger partial charge in [-0.05, 0) is 0 Å². The number of imidazole rings is 1. The zero-order valence-corrected chi connectivity index (χ0v) is 17.1. The van der Waals surface area contributed by atoms with Crippen molar-refractivity contribution in [1.82, 2.24) is 19.5 Å². The van der Waals surface area contributed by atoms with Crippen LogP contribution in [0.1, 0.15) is 27.0 Å². The fourth-order valence-corrected chi connectivity index (χ4v) is 3.28. The average Bonchev–Trinajstić information content (AvgIpc) is 3.21. The molecular weight excluding hydrogens is 383 g/mol. The number of anilines is 2. The van der Waals surface area contributed by atoms with E-state index in [9.17, 15) is 15.0 Å². The smallest absolute Gasteiger partial charge is 0.233 e. The van der Waals surface area contributed by atoms with E-state index in [1.807, 2.05) is 0 Å². The molecule has 1 fully saturated rings. The number of aliphatic hydroxyl groups is 2. The normalized spacial score (nSPS) is 23.7. The molecule has 1 aliphatic heterocycles. The average molecular weight is 410 g/mol. The van der Waals surface area contributed by atoms with Gasteiger partial charge in [0.05, 0.1) is 19.5 Å². The van der Waals surface area contributed by atoms with E-state index >= 15 is 4.39 Å². The number of halogens is 1. The van der Waals surface area contributed by atoms with Crippen LogP contribution < -0.4 is 10.2 Å². The van der Waals surface area contributed by atoms with Gasteiger partial charge < -0.3 is 19.8 Å². The molecule has 3 heterocycles. The Morgan fingerprint density at radius 1 is 1.38 bits per heavy atom. The molecule has 0 radical (unpaired) electrons. The first-order valence-corrected chi connectivity index (χ1v) is 9.41. The van der Waals surface area contributed by atoms with Crippen LogP contribution >= 0.6 is 0 Å². The minimum atomic E-state index is -1.52. The zero-order valence-electron chi connectivity index (χ0n) is 17.1. The van der Waals surface area contributed by atoms with Crippen LogP contribution in [0.3, 0.4) is 0 Å². The monoisotopic (exact) mass is 410 g/mol. The van der Waals surface area contributed by atoms with Crippen molar-refractivity contribution < 1.29 is 24.1 Å². The van der Waals surface area contributed by atoms with Gasteiger partial charge in [0.25, 0.3) is 0 Å². The maximum absolute atomic E-state index is 15.1. The fraction of sp³-hybridized carbons (Fsp3) is 0.667. The van der Waals surface area contributed by atoms with E-state index in [2.05, 4.69) is 20.3 Å². The number of aromatic nitrogens is 4. The third-order valence-corrected chi connectivity index (χ3v) is 5.33. The number of fused-ring (bicyclic) bond motifs is 1. The van der Waals surface area contributed by atoms with Crippen molar-refractivity contribution in [2.75, 3.05) is 37.5 Å². The molecule has 0 spiro atoms. The molecule has 2 aromatic heterocycles. The van der Waals surface area contributed by atoms with Crippen LogP contribution in [0.2, 0.25) is 0 Å². The lowest BCUT2D eigenvalue weighted by molar-refractivity contribution is -0.134. The summed E-state index contributed by atoms with van der Waals surface area (Å²) < 4.78 is 22.3. The van der Waals surface area contributed by atoms with Crippen molar-refractivity contribution in [1.29, 1.82) is 0 Å². The molecule has 0 saturated carbocycles. The maximum Gasteiger partial charge on any atom is 0.233 e. The highest BCUT2D eigenvalue weighted by atomic mass is 19.1. The summed E-state index contributed by atoms with van der Waals surface area (Å²) in [5.74, 6) is -0.765. The van der Waals surface area contributed by atoms with E-state index < -0.39 is 37.1 Å². The number of ether oxygens (including phenoxy) is 1. The quantitative estimate of drug-likeness (QED) is 0.636. The van der Waals surface area contributed by atoms with Crippen molar-refractivity contribution in [2.24, 2.45) is 11.8 Å². The molecule has 1 amide bonds. The van der Waals surface area contributed by atoms with Crippen LogP contribution in [-0.4, -0.2) is 74.7 Å². The molecule has 3 atom stereocenters. The number of alkyl halides is 1. The number of hydrogen-bond donors (Lipinski definition) is 3. The second-order valence-corrected chi connectivity index (χ2v) is 7.86. The number of nitrogens with zero attached hydrogens (tertiary/aromatic N) is 5. The van der Waals surface area contributed by atoms with E-state index in [0.717, 1.165) is 0 Å². The predicted molar refractivity (Wildman–Crippen MR) is 104 cm³/mol. The number of amides is 1. The predicted octanol–water partition coefficient (Wildman–Crippen LogP) is 0.713. The van der Waals surface area contributed by atoms with Crippen LogP contribution in [-0.2, 0) is 9.53 Å². The fourth-order valence-electron chi connectivity index (χ4n) is 3.28. The van der Waals surface area contributed by atoms with Crippen molar-refractivity contribution in [3.05, 3.63) is 6.33 Å². The van der Waals surface area contributed by atoms with Gasteiger partial charge in [-0.2, -0.15) is 9.97 Å². The number of carbonyl (C=O) groups is 1. The lowest BCUT2D eigenvalue weighted by Crippen LogP contribution is -2.43.